The number of phosphoric acid groups is 1. The molecule has 0 saturated carbocycles. The SMILES string of the molecule is CC/C=C\C/C=C\C/C=C\C/C=C\C/C=C\C/C=C\C/C=C\C/C=C\C/C=C\CCCCCCCCCC(=O)OC(COC(=O)CCCCCCCCCCCCCCC/C=C\C/C=C\C/C=C\C/C=C\C/C=C\CC)COP(=O)(O)OCC[N+](C)(C)C. The quantitative estimate of drug-likeness (QED) is 0.0211. The monoisotopic (exact) mass is 1240 g/mol. The van der Waals surface area contributed by atoms with Gasteiger partial charge in [0, 0.05) is 12.8 Å². The minimum Gasteiger partial charge on any atom is -0.462 e. The summed E-state index contributed by atoms with van der Waals surface area (Å²) in [6.45, 7) is 4.18. The van der Waals surface area contributed by atoms with Crippen LogP contribution in [-0.2, 0) is 32.7 Å². The van der Waals surface area contributed by atoms with Crippen molar-refractivity contribution in [2.24, 2.45) is 0 Å². The summed E-state index contributed by atoms with van der Waals surface area (Å²) >= 11 is 0. The molecule has 0 fully saturated rings. The number of ether oxygens (including phenoxy) is 2. The van der Waals surface area contributed by atoms with Crippen LogP contribution in [0.4, 0.5) is 0 Å². The van der Waals surface area contributed by atoms with E-state index in [-0.39, 0.29) is 32.0 Å². The molecule has 2 unspecified atom stereocenters. The lowest BCUT2D eigenvalue weighted by Gasteiger charge is -2.24. The molecule has 0 heterocycles. The van der Waals surface area contributed by atoms with Crippen LogP contribution in [0.5, 0.6) is 0 Å². The first-order valence-electron chi connectivity index (χ1n) is 34.9. The number of phosphoric ester groups is 1. The Labute approximate surface area is 540 Å². The van der Waals surface area contributed by atoms with Crippen molar-refractivity contribution in [1.82, 2.24) is 0 Å². The van der Waals surface area contributed by atoms with Gasteiger partial charge in [0.05, 0.1) is 27.7 Å². The fourth-order valence-corrected chi connectivity index (χ4v) is 9.72. The molecule has 0 aliphatic heterocycles. The van der Waals surface area contributed by atoms with Crippen LogP contribution in [0.1, 0.15) is 258 Å². The molecule has 9 nitrogen and oxygen atoms in total. The summed E-state index contributed by atoms with van der Waals surface area (Å²) in [5.74, 6) is -0.819. The molecule has 0 radical (unpaired) electrons. The van der Waals surface area contributed by atoms with E-state index in [0.717, 1.165) is 135 Å². The third-order valence-corrected chi connectivity index (χ3v) is 15.2. The van der Waals surface area contributed by atoms with E-state index in [1.807, 2.05) is 21.1 Å². The zero-order valence-electron chi connectivity index (χ0n) is 56.6. The summed E-state index contributed by atoms with van der Waals surface area (Å²) in [6, 6.07) is 0. The van der Waals surface area contributed by atoms with E-state index in [1.165, 1.54) is 89.9 Å². The maximum absolute atomic E-state index is 12.9. The smallest absolute Gasteiger partial charge is 0.462 e. The number of esters is 2. The second-order valence-electron chi connectivity index (χ2n) is 23.8. The highest BCUT2D eigenvalue weighted by Gasteiger charge is 2.27. The average molecular weight is 1240 g/mol. The minimum atomic E-state index is -4.41. The van der Waals surface area contributed by atoms with Gasteiger partial charge in [-0.2, -0.15) is 0 Å². The number of rotatable bonds is 62. The van der Waals surface area contributed by atoms with Gasteiger partial charge in [-0.25, -0.2) is 4.57 Å². The number of carbonyl (C=O) groups excluding carboxylic acids is 2. The average Bonchev–Trinajstić information content (AvgIpc) is 3.57. The van der Waals surface area contributed by atoms with Crippen molar-refractivity contribution in [3.05, 3.63) is 170 Å². The fraction of sp³-hybridized carbons (Fsp3) is 0.615. The molecule has 88 heavy (non-hydrogen) atoms. The van der Waals surface area contributed by atoms with Gasteiger partial charge in [-0.05, 0) is 128 Å². The molecule has 498 valence electrons. The summed E-state index contributed by atoms with van der Waals surface area (Å²) < 4.78 is 34.7. The first-order valence-corrected chi connectivity index (χ1v) is 36.4. The van der Waals surface area contributed by atoms with Gasteiger partial charge in [-0.15, -0.1) is 0 Å². The zero-order valence-corrected chi connectivity index (χ0v) is 57.5. The Bertz CT molecular complexity index is 2090. The molecule has 0 bridgehead atoms. The van der Waals surface area contributed by atoms with Crippen molar-refractivity contribution in [1.29, 1.82) is 0 Å². The Balaban J connectivity index is 4.15. The summed E-state index contributed by atoms with van der Waals surface area (Å²) in [6.07, 6.45) is 102. The first-order chi connectivity index (χ1) is 43.0. The van der Waals surface area contributed by atoms with Gasteiger partial charge in [-0.1, -0.05) is 287 Å². The molecule has 1 N–H and O–H groups in total. The number of carbonyl (C=O) groups is 2. The molecule has 0 saturated heterocycles. The number of hydrogen-bond donors (Lipinski definition) is 1. The van der Waals surface area contributed by atoms with Crippen LogP contribution in [0.25, 0.3) is 0 Å². The molecule has 0 spiro atoms. The van der Waals surface area contributed by atoms with E-state index in [1.54, 1.807) is 0 Å². The van der Waals surface area contributed by atoms with E-state index < -0.39 is 26.5 Å². The molecule has 0 amide bonds. The molecule has 0 aromatic carbocycles. The molecule has 10 heteroatoms. The Morgan fingerprint density at radius 3 is 0.909 bits per heavy atom. The third-order valence-electron chi connectivity index (χ3n) is 14.2. The molecule has 0 aromatic heterocycles. The van der Waals surface area contributed by atoms with Crippen LogP contribution in [0.15, 0.2) is 170 Å². The van der Waals surface area contributed by atoms with E-state index >= 15 is 0 Å². The summed E-state index contributed by atoms with van der Waals surface area (Å²) in [7, 11) is 1.45. The molecule has 0 aliphatic carbocycles. The first kappa shape index (κ1) is 83.4. The van der Waals surface area contributed by atoms with Gasteiger partial charge < -0.3 is 18.9 Å². The van der Waals surface area contributed by atoms with Gasteiger partial charge in [0.15, 0.2) is 6.10 Å². The van der Waals surface area contributed by atoms with Gasteiger partial charge in [-0.3, -0.25) is 18.6 Å². The Hall–Kier alpha value is -4.63. The predicted octanol–water partition coefficient (Wildman–Crippen LogP) is 22.9. The van der Waals surface area contributed by atoms with Gasteiger partial charge in [0.25, 0.3) is 0 Å². The highest BCUT2D eigenvalue weighted by molar-refractivity contribution is 7.47. The van der Waals surface area contributed by atoms with Crippen molar-refractivity contribution < 1.29 is 42.1 Å². The minimum absolute atomic E-state index is 0.0205. The number of nitrogens with zero attached hydrogens (tertiary/aromatic N) is 1. The van der Waals surface area contributed by atoms with Crippen molar-refractivity contribution in [3.63, 3.8) is 0 Å². The van der Waals surface area contributed by atoms with Crippen LogP contribution in [-0.4, -0.2) is 74.9 Å². The maximum atomic E-state index is 12.9. The summed E-state index contributed by atoms with van der Waals surface area (Å²) in [5.41, 5.74) is 0. The summed E-state index contributed by atoms with van der Waals surface area (Å²) in [5, 5.41) is 0. The van der Waals surface area contributed by atoms with Crippen molar-refractivity contribution in [2.45, 2.75) is 264 Å². The van der Waals surface area contributed by atoms with E-state index in [2.05, 4.69) is 184 Å². The van der Waals surface area contributed by atoms with Crippen molar-refractivity contribution >= 4 is 19.8 Å². The lowest BCUT2D eigenvalue weighted by molar-refractivity contribution is -0.870. The molecule has 0 aromatic rings. The standard InChI is InChI=1S/C78H128NO8P/c1-6-8-10-12-14-16-18-20-22-24-26-28-30-32-34-36-37-38-39-40-41-43-45-47-49-51-53-55-57-59-61-63-65-67-69-71-78(81)87-76(75-86-88(82,83)85-73-72-79(3,4)5)74-84-77(80)70-68-66-64-62-60-58-56-54-52-50-48-46-44-42-35-33-31-29-27-25-23-21-19-17-15-13-11-9-7-2/h8-11,14-17,20-23,26-29,32-35,37-38,40-41,45,47,51,53,76H,6-7,12-13,18-19,24-25,30-31,36,39,42-44,46,48-50,52,54-75H2,1-5H3/p+1/b10-8-,11-9-,16-14-,17-15-,22-20-,23-21-,28-26-,29-27-,34-32-,35-33-,38-37-,41-40-,47-45-,53-51-. The van der Waals surface area contributed by atoms with Crippen LogP contribution < -0.4 is 0 Å². The highest BCUT2D eigenvalue weighted by atomic mass is 31.2. The topological polar surface area (TPSA) is 108 Å². The maximum Gasteiger partial charge on any atom is 0.472 e. The number of allylic oxidation sites excluding steroid dienone is 28. The zero-order chi connectivity index (χ0) is 64.1. The third kappa shape index (κ3) is 70.5. The lowest BCUT2D eigenvalue weighted by atomic mass is 10.0. The van der Waals surface area contributed by atoms with E-state index in [4.69, 9.17) is 18.5 Å². The largest absolute Gasteiger partial charge is 0.472 e. The van der Waals surface area contributed by atoms with Gasteiger partial charge >= 0.3 is 19.8 Å². The second kappa shape index (κ2) is 66.8. The van der Waals surface area contributed by atoms with Crippen LogP contribution in [0, 0.1) is 0 Å². The Morgan fingerprint density at radius 1 is 0.352 bits per heavy atom. The van der Waals surface area contributed by atoms with Crippen molar-refractivity contribution in [2.75, 3.05) is 47.5 Å². The number of unbranched alkanes of at least 4 members (excludes halogenated alkanes) is 20. The molecule has 0 aliphatic rings. The van der Waals surface area contributed by atoms with Gasteiger partial charge in [0.1, 0.15) is 19.8 Å². The predicted molar refractivity (Wildman–Crippen MR) is 380 cm³/mol. The summed E-state index contributed by atoms with van der Waals surface area (Å²) in [4.78, 5) is 35.9. The number of hydrogen-bond acceptors (Lipinski definition) is 7. The van der Waals surface area contributed by atoms with Crippen LogP contribution >= 0.6 is 7.82 Å². The normalized spacial score (nSPS) is 14.2. The van der Waals surface area contributed by atoms with Crippen molar-refractivity contribution in [3.8, 4) is 0 Å². The van der Waals surface area contributed by atoms with Crippen LogP contribution in [0.2, 0.25) is 0 Å². The molecule has 0 rings (SSSR count). The van der Waals surface area contributed by atoms with E-state index in [9.17, 15) is 19.0 Å². The van der Waals surface area contributed by atoms with Gasteiger partial charge in [0.2, 0.25) is 0 Å². The van der Waals surface area contributed by atoms with E-state index in [0.29, 0.717) is 17.4 Å². The molecular weight excluding hydrogens is 1110 g/mol. The van der Waals surface area contributed by atoms with Crippen LogP contribution in [0.3, 0.4) is 0 Å². The number of likely N-dealkylation sites (N-methyl/N-ethyl adjacent to an activating group) is 1. The fourth-order valence-electron chi connectivity index (χ4n) is 8.98. The Kier molecular flexibility index (Phi) is 63.3. The highest BCUT2D eigenvalue weighted by Crippen LogP contribution is 2.43. The Morgan fingerprint density at radius 2 is 0.614 bits per heavy atom. The molecule has 2 atom stereocenters. The lowest BCUT2D eigenvalue weighted by Crippen LogP contribution is -2.37. The molecular formula is C78H129NO8P+. The second-order valence-corrected chi connectivity index (χ2v) is 25.3. The number of quaternary nitrogens is 1.